The van der Waals surface area contributed by atoms with Crippen LogP contribution < -0.4 is 23.7 Å². The Bertz CT molecular complexity index is 2370. The number of ketones is 5. The molecule has 0 atom stereocenters. The van der Waals surface area contributed by atoms with Gasteiger partial charge in [0, 0.05) is 44.5 Å². The topological polar surface area (TPSA) is 132 Å². The highest BCUT2D eigenvalue weighted by atomic mass is 16.5. The molecule has 0 heterocycles. The van der Waals surface area contributed by atoms with Crippen LogP contribution in [0.2, 0.25) is 0 Å². The molecule has 0 N–H and O–H groups in total. The van der Waals surface area contributed by atoms with Crippen LogP contribution in [0.1, 0.15) is 114 Å². The summed E-state index contributed by atoms with van der Waals surface area (Å²) in [6, 6.07) is 36.5. The molecule has 6 aromatic carbocycles. The lowest BCUT2D eigenvalue weighted by Crippen LogP contribution is -2.17. The van der Waals surface area contributed by atoms with Crippen LogP contribution in [0.3, 0.4) is 0 Å². The molecule has 0 amide bonds. The van der Waals surface area contributed by atoms with E-state index in [1.807, 2.05) is 6.07 Å². The lowest BCUT2D eigenvalue weighted by atomic mass is 9.92. The normalized spacial score (nSPS) is 10.7. The second-order valence-electron chi connectivity index (χ2n) is 14.5. The predicted molar refractivity (Wildman–Crippen MR) is 230 cm³/mol. The van der Waals surface area contributed by atoms with Gasteiger partial charge in [-0.3, -0.25) is 24.0 Å². The number of hydrogen-bond acceptors (Lipinski definition) is 10. The number of carbonyl (C=O) groups excluding carboxylic acids is 5. The van der Waals surface area contributed by atoms with Crippen molar-refractivity contribution in [3.05, 3.63) is 183 Å². The highest BCUT2D eigenvalue weighted by Gasteiger charge is 2.22. The summed E-state index contributed by atoms with van der Waals surface area (Å²) in [5, 5.41) is 0. The molecular weight excluding hydrogens is 773 g/mol. The van der Waals surface area contributed by atoms with Gasteiger partial charge in [-0.15, -0.1) is 0 Å². The van der Waals surface area contributed by atoms with Crippen LogP contribution in [0, 0.1) is 0 Å². The van der Waals surface area contributed by atoms with Crippen molar-refractivity contribution < 1.29 is 47.7 Å². The molecule has 0 fully saturated rings. The smallest absolute Gasteiger partial charge is 0.159 e. The Kier molecular flexibility index (Phi) is 14.2. The fourth-order valence-corrected chi connectivity index (χ4v) is 6.46. The molecule has 0 unspecified atom stereocenters. The third kappa shape index (κ3) is 11.7. The van der Waals surface area contributed by atoms with Gasteiger partial charge in [0.1, 0.15) is 61.8 Å². The Morgan fingerprint density at radius 1 is 0.295 bits per heavy atom. The first-order chi connectivity index (χ1) is 29.3. The molecule has 0 saturated heterocycles. The number of benzene rings is 6. The van der Waals surface area contributed by atoms with Crippen LogP contribution in [0.5, 0.6) is 28.7 Å². The quantitative estimate of drug-likeness (QED) is 0.0686. The van der Waals surface area contributed by atoms with E-state index in [1.54, 1.807) is 121 Å². The van der Waals surface area contributed by atoms with Gasteiger partial charge in [-0.05, 0) is 173 Å². The molecule has 6 rings (SSSR count). The molecular formula is C51H46O10. The maximum Gasteiger partial charge on any atom is 0.159 e. The van der Waals surface area contributed by atoms with Gasteiger partial charge in [0.2, 0.25) is 0 Å². The fourth-order valence-electron chi connectivity index (χ4n) is 6.46. The molecule has 61 heavy (non-hydrogen) atoms. The first-order valence-corrected chi connectivity index (χ1v) is 19.7. The van der Waals surface area contributed by atoms with Crippen molar-refractivity contribution in [3.8, 4) is 28.7 Å². The molecule has 310 valence electrons. The molecule has 0 aliphatic rings. The summed E-state index contributed by atoms with van der Waals surface area (Å²) in [5.74, 6) is 2.38. The highest BCUT2D eigenvalue weighted by molar-refractivity contribution is 5.96. The Labute approximate surface area is 355 Å². The molecule has 0 radical (unpaired) electrons. The summed E-state index contributed by atoms with van der Waals surface area (Å²) in [4.78, 5) is 60.1. The van der Waals surface area contributed by atoms with Gasteiger partial charge < -0.3 is 23.7 Å². The largest absolute Gasteiger partial charge is 0.489 e. The van der Waals surface area contributed by atoms with Gasteiger partial charge in [-0.2, -0.15) is 0 Å². The molecule has 0 aliphatic heterocycles. The monoisotopic (exact) mass is 818 g/mol. The molecule has 6 aromatic rings. The SMILES string of the molecule is CC(=O)c1ccc(OCc2cc(COc3ccc(C(C)=O)cc3)c(COc3ccc(C(C)=O)cc3)c(COc3ccc(C(C)=O)cc3)c2COc2ccc(C(C)=O)cc2)cc1. The van der Waals surface area contributed by atoms with Gasteiger partial charge in [0.05, 0.1) is 0 Å². The summed E-state index contributed by atoms with van der Waals surface area (Å²) in [5.41, 5.74) is 6.50. The molecule has 0 saturated carbocycles. The van der Waals surface area contributed by atoms with E-state index in [-0.39, 0.29) is 62.0 Å². The number of rotatable bonds is 20. The second kappa shape index (κ2) is 20.1. The van der Waals surface area contributed by atoms with Crippen LogP contribution in [0.25, 0.3) is 0 Å². The first-order valence-electron chi connectivity index (χ1n) is 19.7. The molecule has 0 aromatic heterocycles. The number of hydrogen-bond donors (Lipinski definition) is 0. The third-order valence-corrected chi connectivity index (χ3v) is 10.1. The second-order valence-corrected chi connectivity index (χ2v) is 14.5. The molecule has 0 spiro atoms. The van der Waals surface area contributed by atoms with Crippen molar-refractivity contribution in [2.75, 3.05) is 0 Å². The lowest BCUT2D eigenvalue weighted by Gasteiger charge is -2.24. The van der Waals surface area contributed by atoms with E-state index in [9.17, 15) is 24.0 Å². The van der Waals surface area contributed by atoms with Crippen LogP contribution in [0.15, 0.2) is 127 Å². The minimum atomic E-state index is -0.0673. The predicted octanol–water partition coefficient (Wildman–Crippen LogP) is 10.6. The van der Waals surface area contributed by atoms with E-state index in [4.69, 9.17) is 23.7 Å². The number of carbonyl (C=O) groups is 5. The minimum Gasteiger partial charge on any atom is -0.489 e. The Balaban J connectivity index is 1.46. The van der Waals surface area contributed by atoms with Crippen molar-refractivity contribution in [2.24, 2.45) is 0 Å². The van der Waals surface area contributed by atoms with Crippen molar-refractivity contribution >= 4 is 28.9 Å². The zero-order chi connectivity index (χ0) is 43.5. The standard InChI is InChI=1S/C51H46O10/c1-32(52)37-6-16-44(17-7-37)57-27-42-26-43(28-58-45-18-8-38(9-19-45)33(2)53)50(30-60-47-22-12-40(13-23-47)35(4)55)51(31-61-48-24-14-41(15-25-48)36(5)56)49(42)29-59-46-20-10-39(11-21-46)34(3)54/h6-26H,27-31H2,1-5H3. The van der Waals surface area contributed by atoms with E-state index in [0.717, 1.165) is 27.8 Å². The maximum atomic E-state index is 12.0. The van der Waals surface area contributed by atoms with Crippen molar-refractivity contribution in [2.45, 2.75) is 67.7 Å². The highest BCUT2D eigenvalue weighted by Crippen LogP contribution is 2.31. The number of Topliss-reactive ketones (excluding diaryl/α,β-unsaturated/α-hetero) is 5. The Hall–Kier alpha value is -7.33. The minimum absolute atomic E-state index is 0.0464. The third-order valence-electron chi connectivity index (χ3n) is 10.1. The van der Waals surface area contributed by atoms with Crippen LogP contribution in [-0.4, -0.2) is 28.9 Å². The van der Waals surface area contributed by atoms with Gasteiger partial charge in [-0.25, -0.2) is 0 Å². The first kappa shape index (κ1) is 43.3. The van der Waals surface area contributed by atoms with Crippen molar-refractivity contribution in [1.82, 2.24) is 0 Å². The fraction of sp³-hybridized carbons (Fsp3) is 0.196. The average Bonchev–Trinajstić information content (AvgIpc) is 3.26. The van der Waals surface area contributed by atoms with Crippen molar-refractivity contribution in [3.63, 3.8) is 0 Å². The molecule has 10 nitrogen and oxygen atoms in total. The van der Waals surface area contributed by atoms with E-state index >= 15 is 0 Å². The Morgan fingerprint density at radius 2 is 0.492 bits per heavy atom. The van der Waals surface area contributed by atoms with E-state index in [1.165, 1.54) is 34.6 Å². The zero-order valence-corrected chi connectivity index (χ0v) is 34.7. The lowest BCUT2D eigenvalue weighted by molar-refractivity contribution is 0.100. The number of ether oxygens (including phenoxy) is 5. The summed E-state index contributed by atoms with van der Waals surface area (Å²) >= 11 is 0. The van der Waals surface area contributed by atoms with Gasteiger partial charge in [0.15, 0.2) is 28.9 Å². The maximum absolute atomic E-state index is 12.0. The van der Waals surface area contributed by atoms with Gasteiger partial charge >= 0.3 is 0 Å². The summed E-state index contributed by atoms with van der Waals surface area (Å²) < 4.78 is 32.0. The van der Waals surface area contributed by atoms with E-state index in [2.05, 4.69) is 0 Å². The van der Waals surface area contributed by atoms with E-state index < -0.39 is 0 Å². The van der Waals surface area contributed by atoms with E-state index in [0.29, 0.717) is 56.6 Å². The van der Waals surface area contributed by atoms with Crippen LogP contribution >= 0.6 is 0 Å². The summed E-state index contributed by atoms with van der Waals surface area (Å²) in [6.07, 6.45) is 0. The molecule has 0 bridgehead atoms. The van der Waals surface area contributed by atoms with Crippen LogP contribution in [0.4, 0.5) is 0 Å². The molecule has 10 heteroatoms. The summed E-state index contributed by atoms with van der Waals surface area (Å²) in [7, 11) is 0. The van der Waals surface area contributed by atoms with Crippen LogP contribution in [-0.2, 0) is 33.0 Å². The zero-order valence-electron chi connectivity index (χ0n) is 34.7. The average molecular weight is 819 g/mol. The van der Waals surface area contributed by atoms with Gasteiger partial charge in [-0.1, -0.05) is 0 Å². The Morgan fingerprint density at radius 3 is 0.705 bits per heavy atom. The summed E-state index contributed by atoms with van der Waals surface area (Å²) in [6.45, 7) is 7.88. The van der Waals surface area contributed by atoms with Crippen molar-refractivity contribution in [1.29, 1.82) is 0 Å². The van der Waals surface area contributed by atoms with Gasteiger partial charge in [0.25, 0.3) is 0 Å². The molecule has 0 aliphatic carbocycles.